The highest BCUT2D eigenvalue weighted by molar-refractivity contribution is 7.80. The monoisotopic (exact) mass is 422 g/mol. The number of rotatable bonds is 8. The summed E-state index contributed by atoms with van der Waals surface area (Å²) in [5, 5.41) is 3.94. The predicted molar refractivity (Wildman–Crippen MR) is 124 cm³/mol. The van der Waals surface area contributed by atoms with E-state index >= 15 is 0 Å². The van der Waals surface area contributed by atoms with Crippen molar-refractivity contribution in [3.8, 4) is 17.2 Å². The molecule has 0 fully saturated rings. The van der Waals surface area contributed by atoms with Gasteiger partial charge in [0.1, 0.15) is 5.75 Å². The summed E-state index contributed by atoms with van der Waals surface area (Å²) in [5.41, 5.74) is 3.02. The molecule has 6 heteroatoms. The SMILES string of the molecule is COc1cccc(NC(=S)N(Cc2ccccc2)Cc2cccc(OC)c2OC)c1. The van der Waals surface area contributed by atoms with Crippen LogP contribution in [0.4, 0.5) is 5.69 Å². The Balaban J connectivity index is 1.87. The van der Waals surface area contributed by atoms with Crippen molar-refractivity contribution in [3.63, 3.8) is 0 Å². The van der Waals surface area contributed by atoms with Crippen molar-refractivity contribution in [3.05, 3.63) is 83.9 Å². The van der Waals surface area contributed by atoms with Crippen molar-refractivity contribution in [2.45, 2.75) is 13.1 Å². The average molecular weight is 423 g/mol. The van der Waals surface area contributed by atoms with Gasteiger partial charge < -0.3 is 24.4 Å². The fraction of sp³-hybridized carbons (Fsp3) is 0.208. The van der Waals surface area contributed by atoms with E-state index in [4.69, 9.17) is 26.4 Å². The summed E-state index contributed by atoms with van der Waals surface area (Å²) in [6.45, 7) is 1.21. The Kier molecular flexibility index (Phi) is 7.51. The van der Waals surface area contributed by atoms with Gasteiger partial charge in [0.25, 0.3) is 0 Å². The number of para-hydroxylation sites is 1. The minimum absolute atomic E-state index is 0.561. The summed E-state index contributed by atoms with van der Waals surface area (Å²) < 4.78 is 16.4. The average Bonchev–Trinajstić information content (AvgIpc) is 2.79. The molecule has 0 bridgehead atoms. The molecule has 0 aliphatic carbocycles. The zero-order valence-corrected chi connectivity index (χ0v) is 18.2. The highest BCUT2D eigenvalue weighted by Gasteiger charge is 2.17. The summed E-state index contributed by atoms with van der Waals surface area (Å²) in [6.07, 6.45) is 0. The van der Waals surface area contributed by atoms with Gasteiger partial charge in [-0.05, 0) is 36.0 Å². The molecule has 0 saturated carbocycles. The van der Waals surface area contributed by atoms with Gasteiger partial charge in [0.15, 0.2) is 16.6 Å². The lowest BCUT2D eigenvalue weighted by molar-refractivity contribution is 0.341. The molecule has 0 atom stereocenters. The van der Waals surface area contributed by atoms with E-state index in [1.807, 2.05) is 60.7 Å². The van der Waals surface area contributed by atoms with Gasteiger partial charge in [-0.2, -0.15) is 0 Å². The Labute approximate surface area is 183 Å². The van der Waals surface area contributed by atoms with Crippen molar-refractivity contribution >= 4 is 23.0 Å². The Bertz CT molecular complexity index is 979. The third-order valence-electron chi connectivity index (χ3n) is 4.67. The van der Waals surface area contributed by atoms with Crippen LogP contribution in [0.2, 0.25) is 0 Å². The molecule has 0 aliphatic rings. The summed E-state index contributed by atoms with van der Waals surface area (Å²) in [6, 6.07) is 23.8. The van der Waals surface area contributed by atoms with Crippen molar-refractivity contribution in [1.82, 2.24) is 4.90 Å². The number of benzene rings is 3. The zero-order chi connectivity index (χ0) is 21.3. The largest absolute Gasteiger partial charge is 0.497 e. The molecule has 0 saturated heterocycles. The third kappa shape index (κ3) is 5.42. The lowest BCUT2D eigenvalue weighted by Crippen LogP contribution is -2.34. The molecule has 0 amide bonds. The summed E-state index contributed by atoms with van der Waals surface area (Å²) in [4.78, 5) is 2.10. The quantitative estimate of drug-likeness (QED) is 0.509. The molecule has 0 aromatic heterocycles. The summed E-state index contributed by atoms with van der Waals surface area (Å²) >= 11 is 5.78. The van der Waals surface area contributed by atoms with E-state index < -0.39 is 0 Å². The second-order valence-electron chi connectivity index (χ2n) is 6.66. The van der Waals surface area contributed by atoms with Crippen molar-refractivity contribution in [2.75, 3.05) is 26.6 Å². The number of nitrogens with one attached hydrogen (secondary N) is 1. The van der Waals surface area contributed by atoms with Crippen LogP contribution >= 0.6 is 12.2 Å². The molecular formula is C24H26N2O3S. The van der Waals surface area contributed by atoms with Gasteiger partial charge in [0.2, 0.25) is 0 Å². The molecule has 0 spiro atoms. The lowest BCUT2D eigenvalue weighted by Gasteiger charge is -2.27. The first-order valence-electron chi connectivity index (χ1n) is 9.58. The van der Waals surface area contributed by atoms with Crippen LogP contribution < -0.4 is 19.5 Å². The van der Waals surface area contributed by atoms with Crippen LogP contribution in [0.15, 0.2) is 72.8 Å². The molecule has 156 valence electrons. The second kappa shape index (κ2) is 10.5. The normalized spacial score (nSPS) is 10.2. The number of methoxy groups -OCH3 is 3. The zero-order valence-electron chi connectivity index (χ0n) is 17.4. The first-order chi connectivity index (χ1) is 14.6. The van der Waals surface area contributed by atoms with E-state index in [0.717, 1.165) is 22.6 Å². The minimum Gasteiger partial charge on any atom is -0.497 e. The first kappa shape index (κ1) is 21.5. The van der Waals surface area contributed by atoms with Crippen LogP contribution in [-0.4, -0.2) is 31.3 Å². The number of hydrogen-bond donors (Lipinski definition) is 1. The van der Waals surface area contributed by atoms with E-state index in [1.165, 1.54) is 0 Å². The molecular weight excluding hydrogens is 396 g/mol. The van der Waals surface area contributed by atoms with Gasteiger partial charge in [0.05, 0.1) is 21.3 Å². The van der Waals surface area contributed by atoms with E-state index in [2.05, 4.69) is 22.3 Å². The number of anilines is 1. The fourth-order valence-electron chi connectivity index (χ4n) is 3.19. The molecule has 3 aromatic rings. The molecule has 30 heavy (non-hydrogen) atoms. The maximum absolute atomic E-state index is 5.78. The Morgan fingerprint density at radius 3 is 2.30 bits per heavy atom. The lowest BCUT2D eigenvalue weighted by atomic mass is 10.1. The maximum Gasteiger partial charge on any atom is 0.174 e. The van der Waals surface area contributed by atoms with Crippen molar-refractivity contribution < 1.29 is 14.2 Å². The van der Waals surface area contributed by atoms with Crippen LogP contribution in [-0.2, 0) is 13.1 Å². The fourth-order valence-corrected chi connectivity index (χ4v) is 3.44. The van der Waals surface area contributed by atoms with Crippen LogP contribution in [0.5, 0.6) is 17.2 Å². The minimum atomic E-state index is 0.561. The van der Waals surface area contributed by atoms with Gasteiger partial charge in [-0.25, -0.2) is 0 Å². The summed E-state index contributed by atoms with van der Waals surface area (Å²) in [7, 11) is 4.93. The molecule has 5 nitrogen and oxygen atoms in total. The molecule has 0 heterocycles. The Morgan fingerprint density at radius 2 is 1.60 bits per heavy atom. The summed E-state index contributed by atoms with van der Waals surface area (Å²) in [5.74, 6) is 2.18. The third-order valence-corrected chi connectivity index (χ3v) is 5.03. The molecule has 0 unspecified atom stereocenters. The van der Waals surface area contributed by atoms with Crippen LogP contribution in [0.1, 0.15) is 11.1 Å². The topological polar surface area (TPSA) is 43.0 Å². The van der Waals surface area contributed by atoms with Gasteiger partial charge in [-0.3, -0.25) is 0 Å². The number of thiocarbonyl (C=S) groups is 1. The highest BCUT2D eigenvalue weighted by Crippen LogP contribution is 2.32. The molecule has 3 aromatic carbocycles. The second-order valence-corrected chi connectivity index (χ2v) is 7.04. The highest BCUT2D eigenvalue weighted by atomic mass is 32.1. The van der Waals surface area contributed by atoms with Crippen molar-refractivity contribution in [1.29, 1.82) is 0 Å². The van der Waals surface area contributed by atoms with Crippen molar-refractivity contribution in [2.24, 2.45) is 0 Å². The first-order valence-corrected chi connectivity index (χ1v) is 9.99. The standard InChI is InChI=1S/C24H26N2O3S/c1-27-21-13-8-12-20(15-21)25-24(30)26(16-18-9-5-4-6-10-18)17-19-11-7-14-22(28-2)23(19)29-3/h4-15H,16-17H2,1-3H3,(H,25,30). The smallest absolute Gasteiger partial charge is 0.174 e. The Hall–Kier alpha value is -3.25. The molecule has 0 aliphatic heterocycles. The molecule has 0 radical (unpaired) electrons. The van der Waals surface area contributed by atoms with Gasteiger partial charge in [-0.15, -0.1) is 0 Å². The van der Waals surface area contributed by atoms with Crippen LogP contribution in [0.25, 0.3) is 0 Å². The number of nitrogens with zero attached hydrogens (tertiary/aromatic N) is 1. The number of ether oxygens (including phenoxy) is 3. The van der Waals surface area contributed by atoms with E-state index in [9.17, 15) is 0 Å². The van der Waals surface area contributed by atoms with E-state index in [0.29, 0.717) is 29.7 Å². The maximum atomic E-state index is 5.78. The van der Waals surface area contributed by atoms with Gasteiger partial charge in [-0.1, -0.05) is 48.5 Å². The van der Waals surface area contributed by atoms with Gasteiger partial charge >= 0.3 is 0 Å². The van der Waals surface area contributed by atoms with E-state index in [1.54, 1.807) is 21.3 Å². The molecule has 1 N–H and O–H groups in total. The van der Waals surface area contributed by atoms with E-state index in [-0.39, 0.29) is 0 Å². The Morgan fingerprint density at radius 1 is 0.833 bits per heavy atom. The number of hydrogen-bond acceptors (Lipinski definition) is 4. The van der Waals surface area contributed by atoms with Crippen LogP contribution in [0, 0.1) is 0 Å². The molecule has 3 rings (SSSR count). The van der Waals surface area contributed by atoms with Gasteiger partial charge in [0, 0.05) is 30.4 Å². The van der Waals surface area contributed by atoms with Crippen LogP contribution in [0.3, 0.4) is 0 Å². The predicted octanol–water partition coefficient (Wildman–Crippen LogP) is 5.11.